The van der Waals surface area contributed by atoms with Crippen molar-refractivity contribution in [2.75, 3.05) is 0 Å². The zero-order valence-electron chi connectivity index (χ0n) is 3.63. The highest BCUT2D eigenvalue weighted by molar-refractivity contribution is 8.11. The standard InChI is InChI=1S/H4O3P2.HO2P/c1-5(2,3)4;1-3-2/h4H2,(H2,1,2,3);(H,1,2). The van der Waals surface area contributed by atoms with E-state index in [9.17, 15) is 4.57 Å². The van der Waals surface area contributed by atoms with Gasteiger partial charge in [0.05, 0.1) is 0 Å². The number of hydrogen-bond acceptors (Lipinski definition) is 2. The smallest absolute Gasteiger partial charge is 0.322 e. The van der Waals surface area contributed by atoms with E-state index in [1.807, 2.05) is 0 Å². The molecule has 0 aliphatic carbocycles. The molecule has 0 saturated carbocycles. The maximum atomic E-state index is 9.29. The van der Waals surface area contributed by atoms with Gasteiger partial charge in [-0.25, -0.2) is 4.57 Å². The van der Waals surface area contributed by atoms with E-state index >= 15 is 0 Å². The maximum absolute atomic E-state index is 9.29. The normalized spacial score (nSPS) is 10.0. The second kappa shape index (κ2) is 5.77. The second-order valence-corrected chi connectivity index (χ2v) is 4.03. The number of hydrogen-bond donors (Lipinski definition) is 3. The Hall–Kier alpha value is 0.640. The molecular weight excluding hydrogens is 173 g/mol. The molecule has 0 aliphatic rings. The van der Waals surface area contributed by atoms with Gasteiger partial charge in [0.25, 0.3) is 0 Å². The largest absolute Gasteiger partial charge is 0.338 e. The molecule has 0 heterocycles. The summed E-state index contributed by atoms with van der Waals surface area (Å²) in [7, 11) is -3.17. The molecule has 3 N–H and O–H groups in total. The Kier molecular flexibility index (Phi) is 8.25. The van der Waals surface area contributed by atoms with Gasteiger partial charge >= 0.3 is 16.0 Å². The first-order valence-electron chi connectivity index (χ1n) is 1.22. The van der Waals surface area contributed by atoms with Gasteiger partial charge in [-0.3, -0.25) is 4.57 Å². The fraction of sp³-hybridized carbons (Fsp3) is 0. The van der Waals surface area contributed by atoms with Crippen molar-refractivity contribution in [3.05, 3.63) is 0 Å². The van der Waals surface area contributed by atoms with Crippen LogP contribution in [0.2, 0.25) is 0 Å². The minimum absolute atomic E-state index is 0.833. The molecule has 0 aromatic rings. The molecule has 8 heteroatoms. The third kappa shape index (κ3) is 516. The minimum Gasteiger partial charge on any atom is -0.322 e. The Morgan fingerprint density at radius 2 is 1.50 bits per heavy atom. The molecule has 0 amide bonds. The van der Waals surface area contributed by atoms with Crippen molar-refractivity contribution in [2.24, 2.45) is 0 Å². The van der Waals surface area contributed by atoms with E-state index in [1.54, 1.807) is 0 Å². The quantitative estimate of drug-likeness (QED) is 0.458. The van der Waals surface area contributed by atoms with Crippen LogP contribution in [0.5, 0.6) is 0 Å². The molecule has 0 rings (SSSR count). The maximum Gasteiger partial charge on any atom is 0.338 e. The molecule has 0 aromatic heterocycles. The third-order valence-electron chi connectivity index (χ3n) is 0. The second-order valence-electron chi connectivity index (χ2n) is 0.671. The Balaban J connectivity index is 0. The molecule has 1 atom stereocenters. The summed E-state index contributed by atoms with van der Waals surface area (Å²) < 4.78 is 17.7. The van der Waals surface area contributed by atoms with Crippen molar-refractivity contribution < 1.29 is 23.8 Å². The van der Waals surface area contributed by atoms with E-state index in [4.69, 9.17) is 19.2 Å². The van der Waals surface area contributed by atoms with Gasteiger partial charge in [-0.05, 0) is 8.93 Å². The van der Waals surface area contributed by atoms with Crippen LogP contribution in [0.4, 0.5) is 0 Å². The Morgan fingerprint density at radius 1 is 1.50 bits per heavy atom. The van der Waals surface area contributed by atoms with Gasteiger partial charge in [0.15, 0.2) is 0 Å². The van der Waals surface area contributed by atoms with E-state index in [1.165, 1.54) is 8.93 Å². The van der Waals surface area contributed by atoms with Crippen LogP contribution < -0.4 is 0 Å². The summed E-state index contributed by atoms with van der Waals surface area (Å²) in [6.07, 6.45) is 0. The molecule has 5 nitrogen and oxygen atoms in total. The summed E-state index contributed by atoms with van der Waals surface area (Å²) in [5.74, 6) is 0. The van der Waals surface area contributed by atoms with Gasteiger partial charge in [-0.2, -0.15) is 0 Å². The van der Waals surface area contributed by atoms with Crippen molar-refractivity contribution in [1.82, 2.24) is 0 Å². The van der Waals surface area contributed by atoms with Crippen LogP contribution in [0.3, 0.4) is 0 Å². The van der Waals surface area contributed by atoms with E-state index < -0.39 is 16.0 Å². The summed E-state index contributed by atoms with van der Waals surface area (Å²) in [5, 5.41) is 0. The average Bonchev–Trinajstić information content (AvgIpc) is 1.27. The van der Waals surface area contributed by atoms with E-state index in [0.29, 0.717) is 0 Å². The van der Waals surface area contributed by atoms with Crippen LogP contribution >= 0.6 is 24.9 Å². The fourth-order valence-corrected chi connectivity index (χ4v) is 0. The minimum atomic E-state index is -3.72. The molecule has 0 saturated heterocycles. The van der Waals surface area contributed by atoms with Crippen molar-refractivity contribution in [3.63, 3.8) is 0 Å². The highest BCUT2D eigenvalue weighted by Gasteiger charge is 1.95. The molecule has 0 bridgehead atoms. The van der Waals surface area contributed by atoms with Crippen LogP contribution in [0.25, 0.3) is 0 Å². The lowest BCUT2D eigenvalue weighted by Crippen LogP contribution is -1.53. The summed E-state index contributed by atoms with van der Waals surface area (Å²) in [6, 6.07) is 0. The molecule has 50 valence electrons. The van der Waals surface area contributed by atoms with Gasteiger partial charge in [0.1, 0.15) is 0 Å². The lowest BCUT2D eigenvalue weighted by Gasteiger charge is -1.84. The molecule has 0 aromatic carbocycles. The Labute approximate surface area is 49.7 Å². The predicted molar refractivity (Wildman–Crippen MR) is 31.6 cm³/mol. The first kappa shape index (κ1) is 11.4. The highest BCUT2D eigenvalue weighted by atomic mass is 32.1. The van der Waals surface area contributed by atoms with E-state index in [0.717, 1.165) is 0 Å². The van der Waals surface area contributed by atoms with Gasteiger partial charge < -0.3 is 14.7 Å². The first-order valence-corrected chi connectivity index (χ1v) is 5.22. The SMILES string of the molecule is O=P(O)(O)P.O=PO. The van der Waals surface area contributed by atoms with Gasteiger partial charge in [0.2, 0.25) is 0 Å². The van der Waals surface area contributed by atoms with Crippen LogP contribution in [0.15, 0.2) is 0 Å². The lowest BCUT2D eigenvalue weighted by atomic mass is 15.8. The van der Waals surface area contributed by atoms with Gasteiger partial charge in [-0.15, -0.1) is 0 Å². The predicted octanol–water partition coefficient (Wildman–Crippen LogP) is 0.140. The van der Waals surface area contributed by atoms with Crippen molar-refractivity contribution >= 4 is 24.9 Å². The molecule has 1 unspecified atom stereocenters. The number of rotatable bonds is 0. The van der Waals surface area contributed by atoms with Crippen LogP contribution in [-0.4, -0.2) is 14.7 Å². The van der Waals surface area contributed by atoms with Crippen LogP contribution in [0, 0.1) is 0 Å². The molecule has 8 heavy (non-hydrogen) atoms. The molecule has 0 fully saturated rings. The summed E-state index contributed by atoms with van der Waals surface area (Å²) in [5.41, 5.74) is 0. The monoisotopic (exact) mass is 178 g/mol. The molecule has 0 spiro atoms. The Morgan fingerprint density at radius 3 is 1.50 bits per heavy atom. The zero-order valence-corrected chi connectivity index (χ0v) is 6.57. The van der Waals surface area contributed by atoms with Gasteiger partial charge in [-0.1, -0.05) is 0 Å². The zero-order chi connectivity index (χ0) is 7.21. The third-order valence-corrected chi connectivity index (χ3v) is 0. The molecular formula is H5O5P3. The highest BCUT2D eigenvalue weighted by Crippen LogP contribution is 2.43. The van der Waals surface area contributed by atoms with Crippen molar-refractivity contribution in [3.8, 4) is 0 Å². The topological polar surface area (TPSA) is 94.8 Å². The summed E-state index contributed by atoms with van der Waals surface area (Å²) in [4.78, 5) is 22.2. The van der Waals surface area contributed by atoms with Crippen LogP contribution in [0.1, 0.15) is 0 Å². The van der Waals surface area contributed by atoms with Crippen molar-refractivity contribution in [1.29, 1.82) is 0 Å². The summed E-state index contributed by atoms with van der Waals surface area (Å²) >= 11 is 0. The van der Waals surface area contributed by atoms with E-state index in [2.05, 4.69) is 0 Å². The molecule has 0 radical (unpaired) electrons. The summed E-state index contributed by atoms with van der Waals surface area (Å²) in [6.45, 7) is 0. The first-order chi connectivity index (χ1) is 3.41. The van der Waals surface area contributed by atoms with Crippen molar-refractivity contribution in [2.45, 2.75) is 0 Å². The van der Waals surface area contributed by atoms with E-state index in [-0.39, 0.29) is 0 Å². The Bertz CT molecular complexity index is 81.6. The fourth-order valence-electron chi connectivity index (χ4n) is 0. The van der Waals surface area contributed by atoms with Crippen LogP contribution in [-0.2, 0) is 9.13 Å². The van der Waals surface area contributed by atoms with Gasteiger partial charge in [0, 0.05) is 0 Å². The molecule has 0 aliphatic heterocycles. The average molecular weight is 178 g/mol. The lowest BCUT2D eigenvalue weighted by molar-refractivity contribution is 0.397.